The highest BCUT2D eigenvalue weighted by atomic mass is 16.5. The lowest BCUT2D eigenvalue weighted by molar-refractivity contribution is -0.118. The van der Waals surface area contributed by atoms with Crippen LogP contribution in [0.25, 0.3) is 11.0 Å². The lowest BCUT2D eigenvalue weighted by atomic mass is 10.1. The first kappa shape index (κ1) is 14.9. The van der Waals surface area contributed by atoms with Gasteiger partial charge in [0.25, 0.3) is 5.91 Å². The van der Waals surface area contributed by atoms with E-state index >= 15 is 0 Å². The number of nitrogens with one attached hydrogen (secondary N) is 3. The fourth-order valence-electron chi connectivity index (χ4n) is 2.47. The molecule has 0 aliphatic heterocycles. The van der Waals surface area contributed by atoms with Crippen molar-refractivity contribution in [1.29, 1.82) is 0 Å². The third-order valence-corrected chi connectivity index (χ3v) is 3.36. The molecule has 3 aromatic rings. The molecule has 118 valence electrons. The highest BCUT2D eigenvalue weighted by Crippen LogP contribution is 2.17. The highest BCUT2D eigenvalue weighted by molar-refractivity contribution is 5.93. The number of aromatic nitrogens is 2. The van der Waals surface area contributed by atoms with Crippen LogP contribution in [0.4, 0.5) is 5.69 Å². The second kappa shape index (κ2) is 6.00. The zero-order valence-corrected chi connectivity index (χ0v) is 12.9. The number of ether oxygens (including phenoxy) is 1. The van der Waals surface area contributed by atoms with Crippen molar-refractivity contribution in [1.82, 2.24) is 9.97 Å². The fraction of sp³-hybridized carbons (Fsp3) is 0.176. The van der Waals surface area contributed by atoms with E-state index < -0.39 is 0 Å². The highest BCUT2D eigenvalue weighted by Gasteiger charge is 2.06. The van der Waals surface area contributed by atoms with Gasteiger partial charge in [-0.25, -0.2) is 4.79 Å². The Morgan fingerprint density at radius 1 is 1.04 bits per heavy atom. The number of hydrogen-bond acceptors (Lipinski definition) is 3. The van der Waals surface area contributed by atoms with Gasteiger partial charge in [-0.3, -0.25) is 4.79 Å². The molecule has 23 heavy (non-hydrogen) atoms. The summed E-state index contributed by atoms with van der Waals surface area (Å²) >= 11 is 0. The van der Waals surface area contributed by atoms with E-state index in [9.17, 15) is 9.59 Å². The van der Waals surface area contributed by atoms with Crippen LogP contribution in [0.3, 0.4) is 0 Å². The molecule has 0 atom stereocenters. The third kappa shape index (κ3) is 3.60. The summed E-state index contributed by atoms with van der Waals surface area (Å²) in [6, 6.07) is 11.0. The van der Waals surface area contributed by atoms with Crippen LogP contribution >= 0.6 is 0 Å². The lowest BCUT2D eigenvalue weighted by Crippen LogP contribution is -2.20. The largest absolute Gasteiger partial charge is 0.484 e. The molecule has 1 heterocycles. The zero-order valence-electron chi connectivity index (χ0n) is 12.9. The maximum absolute atomic E-state index is 12.0. The summed E-state index contributed by atoms with van der Waals surface area (Å²) in [5.41, 5.74) is 3.83. The zero-order chi connectivity index (χ0) is 16.4. The predicted molar refractivity (Wildman–Crippen MR) is 89.0 cm³/mol. The van der Waals surface area contributed by atoms with Crippen LogP contribution in [-0.4, -0.2) is 22.5 Å². The Bertz CT molecular complexity index is 904. The van der Waals surface area contributed by atoms with Crippen molar-refractivity contribution >= 4 is 22.6 Å². The molecule has 0 saturated carbocycles. The third-order valence-electron chi connectivity index (χ3n) is 3.36. The van der Waals surface area contributed by atoms with Crippen LogP contribution < -0.4 is 15.7 Å². The Labute approximate surface area is 132 Å². The minimum atomic E-state index is -0.276. The molecule has 0 bridgehead atoms. The molecule has 0 radical (unpaired) electrons. The molecule has 0 saturated heterocycles. The van der Waals surface area contributed by atoms with Crippen LogP contribution in [0, 0.1) is 13.8 Å². The summed E-state index contributed by atoms with van der Waals surface area (Å²) in [7, 11) is 0. The topological polar surface area (TPSA) is 87.0 Å². The maximum Gasteiger partial charge on any atom is 0.323 e. The fourth-order valence-corrected chi connectivity index (χ4v) is 2.47. The first-order valence-corrected chi connectivity index (χ1v) is 7.22. The molecular formula is C17H17N3O3. The Balaban J connectivity index is 1.64. The van der Waals surface area contributed by atoms with Gasteiger partial charge in [0.15, 0.2) is 6.61 Å². The average molecular weight is 311 g/mol. The Morgan fingerprint density at radius 3 is 2.48 bits per heavy atom. The summed E-state index contributed by atoms with van der Waals surface area (Å²) in [6.45, 7) is 3.88. The van der Waals surface area contributed by atoms with Crippen molar-refractivity contribution in [2.75, 3.05) is 11.9 Å². The van der Waals surface area contributed by atoms with E-state index in [0.717, 1.165) is 11.1 Å². The van der Waals surface area contributed by atoms with Crippen LogP contribution in [0.1, 0.15) is 11.1 Å². The van der Waals surface area contributed by atoms with E-state index in [1.54, 1.807) is 18.2 Å². The number of hydrogen-bond donors (Lipinski definition) is 3. The molecule has 2 aromatic carbocycles. The summed E-state index contributed by atoms with van der Waals surface area (Å²) < 4.78 is 5.52. The Hall–Kier alpha value is -3.02. The molecule has 6 heteroatoms. The van der Waals surface area contributed by atoms with Gasteiger partial charge in [0.1, 0.15) is 5.75 Å². The van der Waals surface area contributed by atoms with E-state index in [1.165, 1.54) is 0 Å². The summed E-state index contributed by atoms with van der Waals surface area (Å²) in [5.74, 6) is 0.407. The molecule has 0 fully saturated rings. The number of benzene rings is 2. The molecule has 6 nitrogen and oxygen atoms in total. The second-order valence-electron chi connectivity index (χ2n) is 5.50. The van der Waals surface area contributed by atoms with Gasteiger partial charge >= 0.3 is 5.69 Å². The number of imidazole rings is 1. The number of carbonyl (C=O) groups is 1. The molecule has 1 amide bonds. The van der Waals surface area contributed by atoms with E-state index in [1.807, 2.05) is 32.0 Å². The van der Waals surface area contributed by atoms with Crippen LogP contribution in [0.5, 0.6) is 5.75 Å². The number of carbonyl (C=O) groups excluding carboxylic acids is 1. The normalized spacial score (nSPS) is 10.7. The SMILES string of the molecule is Cc1cc(C)cc(OCC(=O)Nc2ccc3[nH]c(=O)[nH]c3c2)c1. The Kier molecular flexibility index (Phi) is 3.89. The molecule has 3 rings (SSSR count). The first-order valence-electron chi connectivity index (χ1n) is 7.22. The number of anilines is 1. The van der Waals surface area contributed by atoms with Gasteiger partial charge in [0, 0.05) is 5.69 Å². The number of amides is 1. The molecule has 0 aliphatic rings. The van der Waals surface area contributed by atoms with Crippen molar-refractivity contribution in [3.63, 3.8) is 0 Å². The van der Waals surface area contributed by atoms with Crippen molar-refractivity contribution < 1.29 is 9.53 Å². The number of aromatic amines is 2. The van der Waals surface area contributed by atoms with Crippen LogP contribution in [0.15, 0.2) is 41.2 Å². The quantitative estimate of drug-likeness (QED) is 0.692. The lowest BCUT2D eigenvalue weighted by Gasteiger charge is -2.09. The second-order valence-corrected chi connectivity index (χ2v) is 5.50. The van der Waals surface area contributed by atoms with Gasteiger partial charge in [-0.2, -0.15) is 0 Å². The maximum atomic E-state index is 12.0. The molecule has 0 aliphatic carbocycles. The monoisotopic (exact) mass is 311 g/mol. The molecule has 0 unspecified atom stereocenters. The van der Waals surface area contributed by atoms with Crippen molar-refractivity contribution in [3.8, 4) is 5.75 Å². The molecule has 1 aromatic heterocycles. The summed E-state index contributed by atoms with van der Waals surface area (Å²) in [4.78, 5) is 28.5. The van der Waals surface area contributed by atoms with E-state index in [4.69, 9.17) is 4.74 Å². The minimum Gasteiger partial charge on any atom is -0.484 e. The summed E-state index contributed by atoms with van der Waals surface area (Å²) in [6.07, 6.45) is 0. The van der Waals surface area contributed by atoms with Crippen molar-refractivity contribution in [3.05, 3.63) is 58.0 Å². The van der Waals surface area contributed by atoms with Gasteiger partial charge < -0.3 is 20.0 Å². The summed E-state index contributed by atoms with van der Waals surface area (Å²) in [5, 5.41) is 2.74. The van der Waals surface area contributed by atoms with Gasteiger partial charge in [-0.15, -0.1) is 0 Å². The van der Waals surface area contributed by atoms with Crippen LogP contribution in [-0.2, 0) is 4.79 Å². The van der Waals surface area contributed by atoms with E-state index in [-0.39, 0.29) is 18.2 Å². The predicted octanol–water partition coefficient (Wildman–Crippen LogP) is 2.49. The van der Waals surface area contributed by atoms with Crippen molar-refractivity contribution in [2.45, 2.75) is 13.8 Å². The standard InChI is InChI=1S/C17H17N3O3/c1-10-5-11(2)7-13(6-10)23-9-16(21)18-12-3-4-14-15(8-12)20-17(22)19-14/h3-8H,9H2,1-2H3,(H,18,21)(H2,19,20,22). The van der Waals surface area contributed by atoms with Crippen LogP contribution in [0.2, 0.25) is 0 Å². The van der Waals surface area contributed by atoms with Gasteiger partial charge in [-0.1, -0.05) is 6.07 Å². The average Bonchev–Trinajstić information content (AvgIpc) is 2.83. The van der Waals surface area contributed by atoms with E-state index in [2.05, 4.69) is 15.3 Å². The van der Waals surface area contributed by atoms with Crippen molar-refractivity contribution in [2.24, 2.45) is 0 Å². The van der Waals surface area contributed by atoms with Gasteiger partial charge in [0.05, 0.1) is 11.0 Å². The molecule has 3 N–H and O–H groups in total. The molecular weight excluding hydrogens is 294 g/mol. The number of aryl methyl sites for hydroxylation is 2. The van der Waals surface area contributed by atoms with E-state index in [0.29, 0.717) is 22.5 Å². The molecule has 0 spiro atoms. The Morgan fingerprint density at radius 2 is 1.74 bits per heavy atom. The smallest absolute Gasteiger partial charge is 0.323 e. The number of H-pyrrole nitrogens is 2. The van der Waals surface area contributed by atoms with Gasteiger partial charge in [0.2, 0.25) is 0 Å². The van der Waals surface area contributed by atoms with Gasteiger partial charge in [-0.05, 0) is 55.3 Å². The number of fused-ring (bicyclic) bond motifs is 1. The first-order chi connectivity index (χ1) is 11.0. The minimum absolute atomic E-state index is 0.0788. The number of rotatable bonds is 4.